The number of hydrogen-bond acceptors (Lipinski definition) is 6. The second kappa shape index (κ2) is 8.26. The van der Waals surface area contributed by atoms with E-state index in [0.717, 1.165) is 32.7 Å². The molecule has 3 rings (SSSR count). The third kappa shape index (κ3) is 4.31. The molecular weight excluding hydrogens is 346 g/mol. The first-order chi connectivity index (χ1) is 13.0. The summed E-state index contributed by atoms with van der Waals surface area (Å²) in [5.41, 5.74) is 3.16. The number of anilines is 1. The Balaban J connectivity index is 1.73. The number of methoxy groups -OCH3 is 2. The van der Waals surface area contributed by atoms with E-state index in [0.29, 0.717) is 17.2 Å². The van der Waals surface area contributed by atoms with Crippen molar-refractivity contribution in [3.05, 3.63) is 57.6 Å². The van der Waals surface area contributed by atoms with Gasteiger partial charge in [0.2, 0.25) is 0 Å². The topological polar surface area (TPSA) is 68.1 Å². The predicted octanol–water partition coefficient (Wildman–Crippen LogP) is 3.24. The maximum atomic E-state index is 11.5. The van der Waals surface area contributed by atoms with Crippen LogP contribution in [-0.4, -0.2) is 50.2 Å². The van der Waals surface area contributed by atoms with Gasteiger partial charge in [0, 0.05) is 38.8 Å². The molecule has 0 aliphatic carbocycles. The van der Waals surface area contributed by atoms with Gasteiger partial charge in [-0.1, -0.05) is 29.8 Å². The van der Waals surface area contributed by atoms with E-state index in [2.05, 4.69) is 36.1 Å². The fraction of sp³-hybridized carbons (Fsp3) is 0.400. The number of nitrogens with zero attached hydrogens (tertiary/aromatic N) is 3. The van der Waals surface area contributed by atoms with E-state index < -0.39 is 0 Å². The molecule has 1 aliphatic heterocycles. The molecule has 0 aromatic heterocycles. The molecule has 27 heavy (non-hydrogen) atoms. The van der Waals surface area contributed by atoms with E-state index in [1.807, 2.05) is 4.90 Å². The molecule has 0 saturated carbocycles. The Morgan fingerprint density at radius 3 is 2.15 bits per heavy atom. The van der Waals surface area contributed by atoms with Crippen molar-refractivity contribution in [2.45, 2.75) is 13.5 Å². The Bertz CT molecular complexity index is 800. The van der Waals surface area contributed by atoms with Gasteiger partial charge in [-0.15, -0.1) is 0 Å². The molecule has 1 fully saturated rings. The molecule has 0 amide bonds. The van der Waals surface area contributed by atoms with Gasteiger partial charge in [-0.25, -0.2) is 0 Å². The van der Waals surface area contributed by atoms with Crippen molar-refractivity contribution in [2.24, 2.45) is 0 Å². The number of nitro groups is 1. The summed E-state index contributed by atoms with van der Waals surface area (Å²) in [5.74, 6) is 0.867. The molecule has 2 aromatic carbocycles. The lowest BCUT2D eigenvalue weighted by molar-refractivity contribution is -0.384. The first-order valence-corrected chi connectivity index (χ1v) is 8.95. The molecule has 0 radical (unpaired) electrons. The van der Waals surface area contributed by atoms with Crippen LogP contribution in [0.3, 0.4) is 0 Å². The summed E-state index contributed by atoms with van der Waals surface area (Å²) in [6, 6.07) is 11.7. The zero-order valence-electron chi connectivity index (χ0n) is 16.0. The molecule has 0 unspecified atom stereocenters. The van der Waals surface area contributed by atoms with Gasteiger partial charge < -0.3 is 14.4 Å². The second-order valence-electron chi connectivity index (χ2n) is 6.70. The minimum Gasteiger partial charge on any atom is -0.493 e. The van der Waals surface area contributed by atoms with Crippen molar-refractivity contribution in [1.82, 2.24) is 4.90 Å². The van der Waals surface area contributed by atoms with Gasteiger partial charge in [0.1, 0.15) is 5.69 Å². The highest BCUT2D eigenvalue weighted by Gasteiger charge is 2.26. The molecule has 1 saturated heterocycles. The first kappa shape index (κ1) is 19.0. The molecule has 1 heterocycles. The third-order valence-electron chi connectivity index (χ3n) is 4.92. The lowest BCUT2D eigenvalue weighted by Gasteiger charge is -2.36. The molecule has 7 heteroatoms. The Hall–Kier alpha value is -2.80. The van der Waals surface area contributed by atoms with Crippen LogP contribution in [0, 0.1) is 17.0 Å². The summed E-state index contributed by atoms with van der Waals surface area (Å²) in [7, 11) is 3.01. The maximum Gasteiger partial charge on any atom is 0.296 e. The number of benzene rings is 2. The zero-order valence-corrected chi connectivity index (χ0v) is 16.0. The summed E-state index contributed by atoms with van der Waals surface area (Å²) in [6.07, 6.45) is 0. The smallest absolute Gasteiger partial charge is 0.296 e. The summed E-state index contributed by atoms with van der Waals surface area (Å²) in [6.45, 7) is 6.11. The van der Waals surface area contributed by atoms with E-state index in [-0.39, 0.29) is 10.6 Å². The minimum absolute atomic E-state index is 0.0413. The fourth-order valence-corrected chi connectivity index (χ4v) is 3.36. The number of rotatable bonds is 6. The highest BCUT2D eigenvalue weighted by molar-refractivity contribution is 5.70. The van der Waals surface area contributed by atoms with Crippen molar-refractivity contribution in [2.75, 3.05) is 45.3 Å². The molecule has 0 N–H and O–H groups in total. The van der Waals surface area contributed by atoms with E-state index in [1.54, 1.807) is 6.07 Å². The molecule has 2 aromatic rings. The van der Waals surface area contributed by atoms with Gasteiger partial charge in [0.25, 0.3) is 5.69 Å². The third-order valence-corrected chi connectivity index (χ3v) is 4.92. The second-order valence-corrected chi connectivity index (χ2v) is 6.70. The van der Waals surface area contributed by atoms with Crippen molar-refractivity contribution >= 4 is 11.4 Å². The number of hydrogen-bond donors (Lipinski definition) is 0. The van der Waals surface area contributed by atoms with Gasteiger partial charge in [-0.05, 0) is 12.5 Å². The van der Waals surface area contributed by atoms with Crippen molar-refractivity contribution in [1.29, 1.82) is 0 Å². The molecule has 0 atom stereocenters. The largest absolute Gasteiger partial charge is 0.493 e. The highest BCUT2D eigenvalue weighted by atomic mass is 16.6. The summed E-state index contributed by atoms with van der Waals surface area (Å²) < 4.78 is 10.5. The quantitative estimate of drug-likeness (QED) is 0.574. The Morgan fingerprint density at radius 2 is 1.59 bits per heavy atom. The average Bonchev–Trinajstić information content (AvgIpc) is 2.69. The molecule has 144 valence electrons. The van der Waals surface area contributed by atoms with Crippen LogP contribution in [0.5, 0.6) is 11.5 Å². The summed E-state index contributed by atoms with van der Waals surface area (Å²) in [4.78, 5) is 15.6. The van der Waals surface area contributed by atoms with Crippen LogP contribution in [0.25, 0.3) is 0 Å². The van der Waals surface area contributed by atoms with Crippen LogP contribution >= 0.6 is 0 Å². The Kier molecular flexibility index (Phi) is 5.81. The van der Waals surface area contributed by atoms with E-state index in [9.17, 15) is 10.1 Å². The number of aryl methyl sites for hydroxylation is 1. The monoisotopic (exact) mass is 371 g/mol. The van der Waals surface area contributed by atoms with Crippen LogP contribution in [0.15, 0.2) is 36.4 Å². The van der Waals surface area contributed by atoms with Gasteiger partial charge in [0.05, 0.1) is 25.2 Å². The molecule has 0 spiro atoms. The summed E-state index contributed by atoms with van der Waals surface area (Å²) >= 11 is 0. The van der Waals surface area contributed by atoms with Crippen LogP contribution in [0.4, 0.5) is 11.4 Å². The van der Waals surface area contributed by atoms with E-state index in [4.69, 9.17) is 9.47 Å². The van der Waals surface area contributed by atoms with Gasteiger partial charge in [0.15, 0.2) is 11.5 Å². The van der Waals surface area contributed by atoms with Gasteiger partial charge in [-0.3, -0.25) is 15.0 Å². The van der Waals surface area contributed by atoms with Gasteiger partial charge >= 0.3 is 0 Å². The van der Waals surface area contributed by atoms with Crippen molar-refractivity contribution < 1.29 is 14.4 Å². The average molecular weight is 371 g/mol. The molecule has 0 bridgehead atoms. The van der Waals surface area contributed by atoms with Crippen LogP contribution < -0.4 is 14.4 Å². The number of nitro benzene ring substituents is 1. The first-order valence-electron chi connectivity index (χ1n) is 8.95. The van der Waals surface area contributed by atoms with Crippen molar-refractivity contribution in [3.63, 3.8) is 0 Å². The minimum atomic E-state index is -0.365. The maximum absolute atomic E-state index is 11.5. The van der Waals surface area contributed by atoms with Gasteiger partial charge in [-0.2, -0.15) is 0 Å². The predicted molar refractivity (Wildman–Crippen MR) is 105 cm³/mol. The van der Waals surface area contributed by atoms with E-state index >= 15 is 0 Å². The lowest BCUT2D eigenvalue weighted by atomic mass is 10.1. The lowest BCUT2D eigenvalue weighted by Crippen LogP contribution is -2.46. The Morgan fingerprint density at radius 1 is 1.00 bits per heavy atom. The summed E-state index contributed by atoms with van der Waals surface area (Å²) in [5, 5.41) is 11.5. The molecule has 1 aliphatic rings. The molecule has 7 nitrogen and oxygen atoms in total. The zero-order chi connectivity index (χ0) is 19.4. The fourth-order valence-electron chi connectivity index (χ4n) is 3.36. The van der Waals surface area contributed by atoms with Crippen LogP contribution in [0.1, 0.15) is 11.1 Å². The highest BCUT2D eigenvalue weighted by Crippen LogP contribution is 2.39. The molecular formula is C20H25N3O4. The number of ether oxygens (including phenoxy) is 2. The van der Waals surface area contributed by atoms with Crippen molar-refractivity contribution in [3.8, 4) is 11.5 Å². The Labute approximate surface area is 159 Å². The van der Waals surface area contributed by atoms with Crippen LogP contribution in [0.2, 0.25) is 0 Å². The van der Waals surface area contributed by atoms with E-state index in [1.165, 1.54) is 31.4 Å². The normalized spacial score (nSPS) is 14.9. The standard InChI is InChI=1S/C20H25N3O4/c1-15-4-6-16(7-5-15)14-21-8-10-22(11-9-21)17-12-19(26-2)20(27-3)13-18(17)23(24)25/h4-7,12-13H,8-11,14H2,1-3H3. The van der Waals surface area contributed by atoms with Crippen LogP contribution in [-0.2, 0) is 6.54 Å². The number of piperazine rings is 1. The SMILES string of the molecule is COc1cc(N2CCN(Cc3ccc(C)cc3)CC2)c([N+](=O)[O-])cc1OC.